The quantitative estimate of drug-likeness (QED) is 0.756. The maximum atomic E-state index is 12.9. The zero-order chi connectivity index (χ0) is 17.9. The molecule has 132 valence electrons. The average Bonchev–Trinajstić information content (AvgIpc) is 2.74. The van der Waals surface area contributed by atoms with Crippen LogP contribution in [0.1, 0.15) is 18.9 Å². The second kappa shape index (κ2) is 7.57. The number of benzene rings is 1. The third-order valence-corrected chi connectivity index (χ3v) is 4.44. The Hall–Kier alpha value is -1.54. The molecular formula is C15H17ClF3N3OS. The fourth-order valence-corrected chi connectivity index (χ4v) is 2.98. The van der Waals surface area contributed by atoms with Gasteiger partial charge >= 0.3 is 6.18 Å². The first-order valence-electron chi connectivity index (χ1n) is 7.36. The number of halogens is 4. The molecule has 9 heteroatoms. The number of anilines is 1. The molecule has 1 heterocycles. The van der Waals surface area contributed by atoms with Crippen LogP contribution in [0.4, 0.5) is 18.9 Å². The normalized spacial score (nSPS) is 15.9. The van der Waals surface area contributed by atoms with Crippen molar-refractivity contribution in [1.29, 1.82) is 0 Å². The number of nitrogens with one attached hydrogen (secondary N) is 1. The number of rotatable bonds is 1. The molecule has 1 aromatic carbocycles. The van der Waals surface area contributed by atoms with Crippen molar-refractivity contribution in [2.45, 2.75) is 19.5 Å². The van der Waals surface area contributed by atoms with Gasteiger partial charge in [0.1, 0.15) is 0 Å². The number of thiocarbonyl (C=S) groups is 1. The second-order valence-corrected chi connectivity index (χ2v) is 6.26. The molecule has 4 nitrogen and oxygen atoms in total. The van der Waals surface area contributed by atoms with Gasteiger partial charge in [-0.2, -0.15) is 13.2 Å². The first-order valence-corrected chi connectivity index (χ1v) is 8.15. The molecule has 0 spiro atoms. The first kappa shape index (κ1) is 18.8. The van der Waals surface area contributed by atoms with Crippen LogP contribution < -0.4 is 5.32 Å². The lowest BCUT2D eigenvalue weighted by Crippen LogP contribution is -2.38. The molecule has 0 aromatic heterocycles. The molecule has 0 radical (unpaired) electrons. The maximum absolute atomic E-state index is 12.9. The van der Waals surface area contributed by atoms with Crippen molar-refractivity contribution in [1.82, 2.24) is 9.80 Å². The minimum absolute atomic E-state index is 0.00301. The Morgan fingerprint density at radius 1 is 1.21 bits per heavy atom. The summed E-state index contributed by atoms with van der Waals surface area (Å²) in [7, 11) is 0. The van der Waals surface area contributed by atoms with Crippen molar-refractivity contribution in [2.75, 3.05) is 31.5 Å². The summed E-state index contributed by atoms with van der Waals surface area (Å²) in [5.41, 5.74) is -0.681. The summed E-state index contributed by atoms with van der Waals surface area (Å²) in [6.45, 7) is 3.86. The fourth-order valence-electron chi connectivity index (χ4n) is 2.46. The molecule has 0 unspecified atom stereocenters. The van der Waals surface area contributed by atoms with Gasteiger partial charge in [0.05, 0.1) is 10.6 Å². The summed E-state index contributed by atoms with van der Waals surface area (Å²) < 4.78 is 38.7. The van der Waals surface area contributed by atoms with Crippen LogP contribution in [0.3, 0.4) is 0 Å². The Kier molecular flexibility index (Phi) is 5.92. The number of alkyl halides is 3. The third kappa shape index (κ3) is 4.73. The summed E-state index contributed by atoms with van der Waals surface area (Å²) in [4.78, 5) is 15.0. The standard InChI is InChI=1S/C15H17ClF3N3OS/c1-10(23)21-5-2-6-22(8-7-21)14(24)20-11-3-4-13(16)12(9-11)15(17,18)19/h3-4,9H,2,5-8H2,1H3,(H,20,24). The van der Waals surface area contributed by atoms with Crippen LogP contribution in [-0.2, 0) is 11.0 Å². The van der Waals surface area contributed by atoms with Crippen molar-refractivity contribution >= 4 is 40.5 Å². The molecule has 0 atom stereocenters. The average molecular weight is 380 g/mol. The van der Waals surface area contributed by atoms with Crippen LogP contribution in [0.2, 0.25) is 5.02 Å². The van der Waals surface area contributed by atoms with E-state index in [9.17, 15) is 18.0 Å². The van der Waals surface area contributed by atoms with E-state index in [1.807, 2.05) is 4.90 Å². The lowest BCUT2D eigenvalue weighted by atomic mass is 10.2. The van der Waals surface area contributed by atoms with E-state index in [-0.39, 0.29) is 16.6 Å². The molecule has 1 aliphatic rings. The van der Waals surface area contributed by atoms with Crippen molar-refractivity contribution in [3.05, 3.63) is 28.8 Å². The monoisotopic (exact) mass is 379 g/mol. The van der Waals surface area contributed by atoms with Gasteiger partial charge < -0.3 is 15.1 Å². The smallest absolute Gasteiger partial charge is 0.347 e. The van der Waals surface area contributed by atoms with E-state index in [2.05, 4.69) is 5.32 Å². The summed E-state index contributed by atoms with van der Waals surface area (Å²) in [6.07, 6.45) is -3.78. The molecular weight excluding hydrogens is 363 g/mol. The highest BCUT2D eigenvalue weighted by Gasteiger charge is 2.33. The molecule has 1 saturated heterocycles. The molecule has 1 N–H and O–H groups in total. The number of carbonyl (C=O) groups is 1. The van der Waals surface area contributed by atoms with Gasteiger partial charge in [-0.15, -0.1) is 0 Å². The third-order valence-electron chi connectivity index (χ3n) is 3.75. The van der Waals surface area contributed by atoms with Gasteiger partial charge in [-0.3, -0.25) is 4.79 Å². The first-order chi connectivity index (χ1) is 11.2. The Balaban J connectivity index is 2.06. The van der Waals surface area contributed by atoms with E-state index in [1.165, 1.54) is 19.1 Å². The van der Waals surface area contributed by atoms with Crippen LogP contribution in [0.5, 0.6) is 0 Å². The van der Waals surface area contributed by atoms with E-state index in [1.54, 1.807) is 4.90 Å². The SMILES string of the molecule is CC(=O)N1CCCN(C(=S)Nc2ccc(Cl)c(C(F)(F)F)c2)CC1. The minimum Gasteiger partial charge on any atom is -0.347 e. The number of nitrogens with zero attached hydrogens (tertiary/aromatic N) is 2. The number of hydrogen-bond donors (Lipinski definition) is 1. The lowest BCUT2D eigenvalue weighted by molar-refractivity contribution is -0.137. The second-order valence-electron chi connectivity index (χ2n) is 5.47. The van der Waals surface area contributed by atoms with E-state index >= 15 is 0 Å². The largest absolute Gasteiger partial charge is 0.417 e. The minimum atomic E-state index is -4.53. The summed E-state index contributed by atoms with van der Waals surface area (Å²) in [6, 6.07) is 3.58. The molecule has 0 bridgehead atoms. The predicted octanol–water partition coefficient (Wildman–Crippen LogP) is 3.61. The van der Waals surface area contributed by atoms with E-state index in [0.717, 1.165) is 12.5 Å². The van der Waals surface area contributed by atoms with Crippen LogP contribution in [-0.4, -0.2) is 47.0 Å². The van der Waals surface area contributed by atoms with Crippen LogP contribution in [0.15, 0.2) is 18.2 Å². The zero-order valence-electron chi connectivity index (χ0n) is 13.0. The maximum Gasteiger partial charge on any atom is 0.417 e. The Bertz CT molecular complexity index is 639. The number of carbonyl (C=O) groups excluding carboxylic acids is 1. The highest BCUT2D eigenvalue weighted by atomic mass is 35.5. The molecule has 0 aliphatic carbocycles. The lowest BCUT2D eigenvalue weighted by Gasteiger charge is -2.24. The highest BCUT2D eigenvalue weighted by Crippen LogP contribution is 2.36. The van der Waals surface area contributed by atoms with Crippen LogP contribution in [0.25, 0.3) is 0 Å². The predicted molar refractivity (Wildman–Crippen MR) is 91.1 cm³/mol. The van der Waals surface area contributed by atoms with Gasteiger partial charge in [0.25, 0.3) is 0 Å². The molecule has 1 aromatic rings. The van der Waals surface area contributed by atoms with Gasteiger partial charge in [0, 0.05) is 38.8 Å². The number of hydrogen-bond acceptors (Lipinski definition) is 2. The van der Waals surface area contributed by atoms with Crippen molar-refractivity contribution in [3.63, 3.8) is 0 Å². The van der Waals surface area contributed by atoms with Crippen molar-refractivity contribution in [3.8, 4) is 0 Å². The van der Waals surface area contributed by atoms with Crippen LogP contribution in [0, 0.1) is 0 Å². The fraction of sp³-hybridized carbons (Fsp3) is 0.467. The van der Waals surface area contributed by atoms with Gasteiger partial charge in [0.2, 0.25) is 5.91 Å². The van der Waals surface area contributed by atoms with Crippen molar-refractivity contribution in [2.24, 2.45) is 0 Å². The van der Waals surface area contributed by atoms with Gasteiger partial charge in [-0.25, -0.2) is 0 Å². The van der Waals surface area contributed by atoms with Gasteiger partial charge in [-0.1, -0.05) is 11.6 Å². The summed E-state index contributed by atoms with van der Waals surface area (Å²) >= 11 is 10.9. The van der Waals surface area contributed by atoms with E-state index in [4.69, 9.17) is 23.8 Å². The van der Waals surface area contributed by atoms with Crippen molar-refractivity contribution < 1.29 is 18.0 Å². The summed E-state index contributed by atoms with van der Waals surface area (Å²) in [5, 5.41) is 2.79. The Morgan fingerprint density at radius 2 is 1.83 bits per heavy atom. The Morgan fingerprint density at radius 3 is 2.46 bits per heavy atom. The molecule has 1 amide bonds. The molecule has 1 fully saturated rings. The molecule has 0 saturated carbocycles. The zero-order valence-corrected chi connectivity index (χ0v) is 14.6. The number of amides is 1. The van der Waals surface area contributed by atoms with Gasteiger partial charge in [-0.05, 0) is 36.8 Å². The van der Waals surface area contributed by atoms with Crippen LogP contribution >= 0.6 is 23.8 Å². The molecule has 24 heavy (non-hydrogen) atoms. The Labute approximate surface area is 148 Å². The molecule has 1 aliphatic heterocycles. The summed E-state index contributed by atoms with van der Waals surface area (Å²) in [5.74, 6) is 0.00301. The topological polar surface area (TPSA) is 35.6 Å². The molecule has 2 rings (SSSR count). The van der Waals surface area contributed by atoms with E-state index in [0.29, 0.717) is 31.3 Å². The highest BCUT2D eigenvalue weighted by molar-refractivity contribution is 7.80. The van der Waals surface area contributed by atoms with Gasteiger partial charge in [0.15, 0.2) is 5.11 Å². The van der Waals surface area contributed by atoms with E-state index < -0.39 is 11.7 Å².